The van der Waals surface area contributed by atoms with E-state index in [1.54, 1.807) is 0 Å². The Bertz CT molecular complexity index is 4150. The Hall–Kier alpha value is -7.59. The Morgan fingerprint density at radius 2 is 1.20 bits per heavy atom. The number of imidazole rings is 1. The molecule has 6 heteroatoms. The molecule has 0 saturated carbocycles. The number of pyridine rings is 1. The van der Waals surface area contributed by atoms with Gasteiger partial charge in [0.1, 0.15) is 17.2 Å². The summed E-state index contributed by atoms with van der Waals surface area (Å²) in [5.41, 5.74) is 14.9. The third-order valence-corrected chi connectivity index (χ3v) is 14.7. The van der Waals surface area contributed by atoms with Crippen molar-refractivity contribution in [1.82, 2.24) is 14.5 Å². The number of rotatable bonds is 6. The van der Waals surface area contributed by atoms with E-state index in [1.807, 2.05) is 12.3 Å². The number of hydrogen-bond acceptors (Lipinski definition) is 4. The molecule has 0 spiro atoms. The van der Waals surface area contributed by atoms with Crippen molar-refractivity contribution >= 4 is 54.5 Å². The van der Waals surface area contributed by atoms with Gasteiger partial charge in [0.2, 0.25) is 0 Å². The van der Waals surface area contributed by atoms with Crippen LogP contribution in [0.2, 0.25) is 0 Å². The number of furan rings is 1. The molecule has 0 unspecified atom stereocenters. The van der Waals surface area contributed by atoms with Crippen LogP contribution in [0.5, 0.6) is 5.75 Å². The van der Waals surface area contributed by atoms with Gasteiger partial charge in [-0.3, -0.25) is 9.55 Å². The zero-order valence-corrected chi connectivity index (χ0v) is 45.6. The predicted octanol–water partition coefficient (Wildman–Crippen LogP) is 18.4. The summed E-state index contributed by atoms with van der Waals surface area (Å²) < 4.78 is 9.42. The van der Waals surface area contributed by atoms with Gasteiger partial charge in [-0.05, 0) is 107 Å². The van der Waals surface area contributed by atoms with Crippen molar-refractivity contribution in [3.63, 3.8) is 0 Å². The summed E-state index contributed by atoms with van der Waals surface area (Å²) in [7, 11) is 0. The van der Waals surface area contributed by atoms with Gasteiger partial charge in [-0.2, -0.15) is 0 Å². The van der Waals surface area contributed by atoms with Crippen LogP contribution >= 0.6 is 0 Å². The molecule has 0 bridgehead atoms. The van der Waals surface area contributed by atoms with Crippen molar-refractivity contribution in [3.8, 4) is 67.5 Å². The first-order valence-corrected chi connectivity index (χ1v) is 25.4. The third kappa shape index (κ3) is 8.32. The van der Waals surface area contributed by atoms with E-state index in [2.05, 4.69) is 243 Å². The van der Waals surface area contributed by atoms with E-state index < -0.39 is 0 Å². The van der Waals surface area contributed by atoms with Crippen molar-refractivity contribution in [1.29, 1.82) is 0 Å². The number of aromatic nitrogens is 3. The molecule has 0 radical (unpaired) electrons. The van der Waals surface area contributed by atoms with Gasteiger partial charge < -0.3 is 9.52 Å². The van der Waals surface area contributed by atoms with Crippen LogP contribution in [0.4, 0.5) is 0 Å². The molecule has 1 N–H and O–H groups in total. The monoisotopic (exact) mass is 1140 g/mol. The molecule has 3 aromatic heterocycles. The van der Waals surface area contributed by atoms with Crippen LogP contribution in [0.15, 0.2) is 187 Å². The van der Waals surface area contributed by atoms with Gasteiger partial charge in [-0.25, -0.2) is 4.98 Å². The largest absolute Gasteiger partial charge is 0.507 e. The SMILES string of the molecule is CC(C)(C)c1ccc(-n2c(-c3cc(C(C)(C)C)cc(C(C)(C)C)c3O)nc3c(-c4[c-]c(-c5cc(-c6ccccc6)ccn5)cc5c4oc4ccc6ccc7ccccc7c6c45)cccc32)c(-c2ccccc2)c1.[Pt]. The van der Waals surface area contributed by atoms with Gasteiger partial charge in [0, 0.05) is 49.5 Å². The van der Waals surface area contributed by atoms with Crippen molar-refractivity contribution < 1.29 is 30.6 Å². The average molecular weight is 1140 g/mol. The minimum absolute atomic E-state index is 0. The van der Waals surface area contributed by atoms with E-state index in [4.69, 9.17) is 14.4 Å². The summed E-state index contributed by atoms with van der Waals surface area (Å²) in [5.74, 6) is 0.867. The number of benzene rings is 9. The summed E-state index contributed by atoms with van der Waals surface area (Å²) in [5, 5.41) is 19.4. The zero-order chi connectivity index (χ0) is 50.6. The first-order valence-electron chi connectivity index (χ1n) is 25.4. The van der Waals surface area contributed by atoms with Gasteiger partial charge >= 0.3 is 0 Å². The topological polar surface area (TPSA) is 64.1 Å². The van der Waals surface area contributed by atoms with Crippen molar-refractivity contribution in [2.45, 2.75) is 78.6 Å². The number of fused-ring (bicyclic) bond motifs is 8. The fraction of sp³-hybridized carbons (Fsp3) is 0.176. The molecule has 5 nitrogen and oxygen atoms in total. The first-order chi connectivity index (χ1) is 35.0. The summed E-state index contributed by atoms with van der Waals surface area (Å²) in [4.78, 5) is 10.8. The summed E-state index contributed by atoms with van der Waals surface area (Å²) >= 11 is 0. The van der Waals surface area contributed by atoms with Gasteiger partial charge in [-0.1, -0.05) is 212 Å². The number of hydrogen-bond donors (Lipinski definition) is 1. The number of para-hydroxylation sites is 1. The van der Waals surface area contributed by atoms with Crippen LogP contribution in [0.3, 0.4) is 0 Å². The molecule has 0 aliphatic heterocycles. The smallest absolute Gasteiger partial charge is 0.148 e. The quantitative estimate of drug-likeness (QED) is 0.133. The summed E-state index contributed by atoms with van der Waals surface area (Å²) in [6, 6.07) is 66.2. The fourth-order valence-electron chi connectivity index (χ4n) is 10.7. The average Bonchev–Trinajstić information content (AvgIpc) is 3.97. The minimum atomic E-state index is -0.366. The van der Waals surface area contributed by atoms with E-state index in [9.17, 15) is 5.11 Å². The van der Waals surface area contributed by atoms with Crippen LogP contribution < -0.4 is 0 Å². The van der Waals surface area contributed by atoms with Crippen molar-refractivity contribution in [2.24, 2.45) is 0 Å². The molecule has 74 heavy (non-hydrogen) atoms. The molecule has 12 rings (SSSR count). The first kappa shape index (κ1) is 48.7. The Morgan fingerprint density at radius 3 is 1.93 bits per heavy atom. The van der Waals surface area contributed by atoms with Gasteiger partial charge in [-0.15, -0.1) is 12.1 Å². The molecule has 0 amide bonds. The molecule has 0 aliphatic carbocycles. The minimum Gasteiger partial charge on any atom is -0.507 e. The van der Waals surface area contributed by atoms with Crippen LogP contribution in [0.1, 0.15) is 79.0 Å². The summed E-state index contributed by atoms with van der Waals surface area (Å²) in [6.07, 6.45) is 1.89. The molecule has 12 aromatic rings. The van der Waals surface area contributed by atoms with Gasteiger partial charge in [0.15, 0.2) is 0 Å². The molecular formula is C68H58N3O2Pt-. The molecule has 0 saturated heterocycles. The second-order valence-corrected chi connectivity index (χ2v) is 22.7. The van der Waals surface area contributed by atoms with E-state index in [1.165, 1.54) is 10.9 Å². The maximum atomic E-state index is 12.8. The molecule has 0 aliphatic rings. The van der Waals surface area contributed by atoms with Crippen molar-refractivity contribution in [3.05, 3.63) is 205 Å². The molecule has 368 valence electrons. The van der Waals surface area contributed by atoms with Gasteiger partial charge in [0.25, 0.3) is 0 Å². The van der Waals surface area contributed by atoms with Crippen LogP contribution in [-0.2, 0) is 37.3 Å². The van der Waals surface area contributed by atoms with Crippen LogP contribution in [0.25, 0.3) is 116 Å². The second kappa shape index (κ2) is 18.1. The fourth-order valence-corrected chi connectivity index (χ4v) is 10.7. The normalized spacial score (nSPS) is 12.3. The summed E-state index contributed by atoms with van der Waals surface area (Å²) in [6.45, 7) is 19.9. The molecule has 0 atom stereocenters. The van der Waals surface area contributed by atoms with E-state index in [0.29, 0.717) is 17.0 Å². The molecule has 0 fully saturated rings. The number of nitrogens with zero attached hydrogens (tertiary/aromatic N) is 3. The Balaban J connectivity index is 0.00000588. The van der Waals surface area contributed by atoms with E-state index >= 15 is 0 Å². The number of aromatic hydroxyl groups is 1. The molecule has 3 heterocycles. The van der Waals surface area contributed by atoms with Crippen molar-refractivity contribution in [2.75, 3.05) is 0 Å². The van der Waals surface area contributed by atoms with E-state index in [0.717, 1.165) is 105 Å². The maximum Gasteiger partial charge on any atom is 0.148 e. The Kier molecular flexibility index (Phi) is 11.9. The standard InChI is InChI=1S/C68H58N3O2.Pt/c1-66(2,3)47-30-31-57(51(38-47)42-21-14-11-15-22-42)71-58-26-18-25-50(62(58)70-65(71)54-39-48(67(4,5)6)40-55(63(54)72)68(7,8)9)52-35-46(56-37-45(33-34-69-56)41-19-12-10-13-20-41)36-53-61-59(73-64(52)53)32-29-44-28-27-43-23-16-17-24-49(43)60(44)61;/h10-34,36-40,72H,1-9H3;/q-1;. The number of phenolic OH excluding ortho intramolecular Hbond substituents is 1. The number of phenols is 1. The van der Waals surface area contributed by atoms with Gasteiger partial charge in [0.05, 0.1) is 27.9 Å². The van der Waals surface area contributed by atoms with Crippen LogP contribution in [0, 0.1) is 6.07 Å². The van der Waals surface area contributed by atoms with Crippen LogP contribution in [-0.4, -0.2) is 19.6 Å². The molecule has 9 aromatic carbocycles. The second-order valence-electron chi connectivity index (χ2n) is 22.7. The Morgan fingerprint density at radius 1 is 0.527 bits per heavy atom. The molecular weight excluding hydrogens is 1090 g/mol. The Labute approximate surface area is 447 Å². The third-order valence-electron chi connectivity index (χ3n) is 14.7. The van der Waals surface area contributed by atoms with E-state index in [-0.39, 0.29) is 43.1 Å². The zero-order valence-electron chi connectivity index (χ0n) is 43.3. The maximum absolute atomic E-state index is 12.8. The predicted molar refractivity (Wildman–Crippen MR) is 305 cm³/mol.